The molecule has 0 saturated heterocycles. The van der Waals surface area contributed by atoms with E-state index < -0.39 is 58.7 Å². The second-order valence-electron chi connectivity index (χ2n) is 14.0. The van der Waals surface area contributed by atoms with Gasteiger partial charge in [-0.1, -0.05) is 40.3 Å². The number of ketones is 2. The second-order valence-corrected chi connectivity index (χ2v) is 14.0. The quantitative estimate of drug-likeness (QED) is 0.360. The summed E-state index contributed by atoms with van der Waals surface area (Å²) in [5, 5.41) is 21.3. The maximum absolute atomic E-state index is 13.9. The van der Waals surface area contributed by atoms with Crippen molar-refractivity contribution in [3.05, 3.63) is 24.3 Å². The zero-order valence-corrected chi connectivity index (χ0v) is 24.6. The SMILES string of the molecule is C=C(C(=O)[C@H](OC(C)=O)C1[C@@H](OC(C)=O)C[C@@]2(C)[C@@H]3C[C@@H](O)[C@H]4[C@H](C)C(=O)C=C[C@@]45C[C@@]35CC[C@]12C)[C@@H](C)CO. The van der Waals surface area contributed by atoms with Crippen LogP contribution in [0, 0.1) is 51.2 Å². The van der Waals surface area contributed by atoms with E-state index in [-0.39, 0.29) is 46.5 Å². The highest BCUT2D eigenvalue weighted by Crippen LogP contribution is 2.87. The largest absolute Gasteiger partial charge is 0.462 e. The number of ether oxygens (including phenoxy) is 2. The molecule has 2 spiro atoms. The van der Waals surface area contributed by atoms with E-state index in [0.29, 0.717) is 12.8 Å². The normalized spacial score (nSPS) is 46.1. The molecule has 1 unspecified atom stereocenters. The Morgan fingerprint density at radius 3 is 2.42 bits per heavy atom. The van der Waals surface area contributed by atoms with Gasteiger partial charge in [0, 0.05) is 49.5 Å². The summed E-state index contributed by atoms with van der Waals surface area (Å²) >= 11 is 0. The predicted octanol–water partition coefficient (Wildman–Crippen LogP) is 3.58. The molecule has 8 nitrogen and oxygen atoms in total. The average molecular weight is 557 g/mol. The highest BCUT2D eigenvalue weighted by atomic mass is 16.6. The van der Waals surface area contributed by atoms with Crippen molar-refractivity contribution < 1.29 is 38.9 Å². The van der Waals surface area contributed by atoms with Gasteiger partial charge in [0.25, 0.3) is 0 Å². The Kier molecular flexibility index (Phi) is 6.82. The molecule has 4 fully saturated rings. The molecule has 0 radical (unpaired) electrons. The lowest BCUT2D eigenvalue weighted by Gasteiger charge is -2.61. The Balaban J connectivity index is 1.60. The van der Waals surface area contributed by atoms with Crippen LogP contribution in [0.1, 0.15) is 73.6 Å². The van der Waals surface area contributed by atoms with Crippen LogP contribution in [0.15, 0.2) is 24.3 Å². The fraction of sp³-hybridized carbons (Fsp3) is 0.750. The van der Waals surface area contributed by atoms with Crippen LogP contribution in [0.25, 0.3) is 0 Å². The number of Topliss-reactive ketones (excluding diaryl/α,β-unsaturated/α-hetero) is 1. The molecule has 5 rings (SSSR count). The Morgan fingerprint density at radius 1 is 1.15 bits per heavy atom. The molecule has 220 valence electrons. The van der Waals surface area contributed by atoms with Crippen molar-refractivity contribution in [3.8, 4) is 0 Å². The van der Waals surface area contributed by atoms with Crippen molar-refractivity contribution >= 4 is 23.5 Å². The smallest absolute Gasteiger partial charge is 0.303 e. The number of fused-ring (bicyclic) bond motifs is 2. The van der Waals surface area contributed by atoms with Crippen LogP contribution in [0.3, 0.4) is 0 Å². The van der Waals surface area contributed by atoms with Gasteiger partial charge in [-0.15, -0.1) is 0 Å². The second kappa shape index (κ2) is 9.35. The Hall–Kier alpha value is -2.32. The Bertz CT molecular complexity index is 1190. The third kappa shape index (κ3) is 3.70. The van der Waals surface area contributed by atoms with Gasteiger partial charge in [0.15, 0.2) is 17.7 Å². The fourth-order valence-electron chi connectivity index (χ4n) is 10.3. The summed E-state index contributed by atoms with van der Waals surface area (Å²) in [5.41, 5.74) is -1.17. The number of esters is 2. The van der Waals surface area contributed by atoms with Crippen LogP contribution in [-0.2, 0) is 28.7 Å². The summed E-state index contributed by atoms with van der Waals surface area (Å²) < 4.78 is 11.7. The van der Waals surface area contributed by atoms with E-state index in [1.807, 2.05) is 6.92 Å². The summed E-state index contributed by atoms with van der Waals surface area (Å²) in [6, 6.07) is 0. The maximum atomic E-state index is 13.9. The molecule has 0 aliphatic heterocycles. The van der Waals surface area contributed by atoms with E-state index >= 15 is 0 Å². The van der Waals surface area contributed by atoms with Gasteiger partial charge < -0.3 is 19.7 Å². The number of allylic oxidation sites excluding steroid dienone is 2. The summed E-state index contributed by atoms with van der Waals surface area (Å²) in [7, 11) is 0. The van der Waals surface area contributed by atoms with Crippen molar-refractivity contribution in [1.82, 2.24) is 0 Å². The maximum Gasteiger partial charge on any atom is 0.303 e. The van der Waals surface area contributed by atoms with Crippen molar-refractivity contribution in [1.29, 1.82) is 0 Å². The molecule has 0 aromatic carbocycles. The molecule has 5 aliphatic carbocycles. The Labute approximate surface area is 236 Å². The first-order chi connectivity index (χ1) is 18.6. The molecule has 12 atom stereocenters. The van der Waals surface area contributed by atoms with Gasteiger partial charge in [-0.05, 0) is 65.9 Å². The van der Waals surface area contributed by atoms with Gasteiger partial charge in [-0.3, -0.25) is 19.2 Å². The minimum atomic E-state index is -1.22. The topological polar surface area (TPSA) is 127 Å². The third-order valence-electron chi connectivity index (χ3n) is 12.4. The van der Waals surface area contributed by atoms with Gasteiger partial charge in [0.1, 0.15) is 6.10 Å². The molecule has 0 amide bonds. The molecule has 40 heavy (non-hydrogen) atoms. The average Bonchev–Trinajstić information content (AvgIpc) is 3.47. The fourth-order valence-corrected chi connectivity index (χ4v) is 10.3. The Morgan fingerprint density at radius 2 is 1.82 bits per heavy atom. The minimum Gasteiger partial charge on any atom is -0.462 e. The lowest BCUT2D eigenvalue weighted by atomic mass is 9.43. The van der Waals surface area contributed by atoms with E-state index in [1.165, 1.54) is 13.8 Å². The highest BCUT2D eigenvalue weighted by Gasteiger charge is 2.83. The molecule has 8 heteroatoms. The lowest BCUT2D eigenvalue weighted by Crippen LogP contribution is -2.59. The zero-order chi connectivity index (χ0) is 29.6. The van der Waals surface area contributed by atoms with Crippen LogP contribution in [0.5, 0.6) is 0 Å². The number of carbonyl (C=O) groups excluding carboxylic acids is 4. The summed E-state index contributed by atoms with van der Waals surface area (Å²) in [4.78, 5) is 51.2. The third-order valence-corrected chi connectivity index (χ3v) is 12.4. The highest BCUT2D eigenvalue weighted by molar-refractivity contribution is 6.00. The van der Waals surface area contributed by atoms with Crippen molar-refractivity contribution in [2.45, 2.75) is 92.0 Å². The first kappa shape index (κ1) is 29.2. The van der Waals surface area contributed by atoms with Crippen molar-refractivity contribution in [2.75, 3.05) is 6.61 Å². The standard InChI is InChI=1S/C32H44O8/c1-16(14-33)17(2)27(38)28(40-20(5)35)26-23(39-19(4)34)13-30(7)24-12-22(37)25-18(3)21(36)8-9-32(25)15-31(24,32)11-10-29(26,30)6/h8-9,16,18,22-26,28,33,37H,2,10-15H2,1,3-7H3/t16-,18+,22+,23-,24-,25+,26?,28+,29+,30-,31-,32+/m0/s1. The molecule has 4 saturated carbocycles. The monoisotopic (exact) mass is 556 g/mol. The van der Waals surface area contributed by atoms with Crippen LogP contribution in [0.4, 0.5) is 0 Å². The van der Waals surface area contributed by atoms with E-state index in [0.717, 1.165) is 19.3 Å². The number of carbonyl (C=O) groups is 4. The molecular formula is C32H44O8. The van der Waals surface area contributed by atoms with E-state index in [9.17, 15) is 29.4 Å². The first-order valence-corrected chi connectivity index (χ1v) is 14.7. The van der Waals surface area contributed by atoms with Crippen LogP contribution >= 0.6 is 0 Å². The molecule has 0 heterocycles. The molecule has 5 aliphatic rings. The van der Waals surface area contributed by atoms with Gasteiger partial charge in [0.05, 0.1) is 6.10 Å². The number of aliphatic hydroxyl groups is 2. The van der Waals surface area contributed by atoms with Gasteiger partial charge in [0.2, 0.25) is 0 Å². The summed E-state index contributed by atoms with van der Waals surface area (Å²) in [6.07, 6.45) is 4.71. The van der Waals surface area contributed by atoms with Gasteiger partial charge in [-0.25, -0.2) is 0 Å². The van der Waals surface area contributed by atoms with E-state index in [4.69, 9.17) is 9.47 Å². The van der Waals surface area contributed by atoms with Crippen LogP contribution in [-0.4, -0.2) is 58.6 Å². The molecule has 0 bridgehead atoms. The summed E-state index contributed by atoms with van der Waals surface area (Å²) in [5.74, 6) is -2.91. The lowest BCUT2D eigenvalue weighted by molar-refractivity contribution is -0.177. The zero-order valence-electron chi connectivity index (χ0n) is 24.6. The molecule has 0 aromatic rings. The summed E-state index contributed by atoms with van der Waals surface area (Å²) in [6.45, 7) is 14.2. The van der Waals surface area contributed by atoms with Crippen molar-refractivity contribution in [2.24, 2.45) is 51.2 Å². The van der Waals surface area contributed by atoms with Gasteiger partial charge >= 0.3 is 11.9 Å². The number of hydrogen-bond donors (Lipinski definition) is 2. The molecular weight excluding hydrogens is 512 g/mol. The number of hydrogen-bond acceptors (Lipinski definition) is 8. The van der Waals surface area contributed by atoms with Crippen molar-refractivity contribution in [3.63, 3.8) is 0 Å². The number of rotatable bonds is 7. The predicted molar refractivity (Wildman–Crippen MR) is 145 cm³/mol. The molecule has 0 aromatic heterocycles. The van der Waals surface area contributed by atoms with E-state index in [2.05, 4.69) is 26.5 Å². The van der Waals surface area contributed by atoms with Crippen LogP contribution in [0.2, 0.25) is 0 Å². The first-order valence-electron chi connectivity index (χ1n) is 14.7. The van der Waals surface area contributed by atoms with Crippen LogP contribution < -0.4 is 0 Å². The van der Waals surface area contributed by atoms with E-state index in [1.54, 1.807) is 13.0 Å². The van der Waals surface area contributed by atoms with Gasteiger partial charge in [-0.2, -0.15) is 0 Å². The molecule has 2 N–H and O–H groups in total. The minimum absolute atomic E-state index is 0.0609. The number of aliphatic hydroxyl groups excluding tert-OH is 2.